The van der Waals surface area contributed by atoms with Gasteiger partial charge in [0.2, 0.25) is 5.91 Å². The zero-order chi connectivity index (χ0) is 32.6. The third kappa shape index (κ3) is 6.84. The number of hydrogen-bond acceptors (Lipinski definition) is 8. The maximum absolute atomic E-state index is 14.0. The Hall–Kier alpha value is -5.14. The van der Waals surface area contributed by atoms with Crippen molar-refractivity contribution < 1.29 is 10.6 Å². The predicted molar refractivity (Wildman–Crippen MR) is 176 cm³/mol. The maximum Gasteiger partial charge on any atom is 0.221 e. The molecule has 0 spiro atoms. The molecular weight excluding hydrogens is 567 g/mol. The largest absolute Gasteiger partial charge is 0.383 e. The van der Waals surface area contributed by atoms with E-state index in [1.165, 1.54) is 19.1 Å². The second kappa shape index (κ2) is 12.1. The summed E-state index contributed by atoms with van der Waals surface area (Å²) in [6.45, 7) is 8.41. The zero-order valence-electron chi connectivity index (χ0n) is 26.8. The summed E-state index contributed by atoms with van der Waals surface area (Å²) in [6, 6.07) is 18.3. The van der Waals surface area contributed by atoms with Crippen LogP contribution in [0.2, 0.25) is 0 Å². The summed E-state index contributed by atoms with van der Waals surface area (Å²) < 4.78 is 23.9. The van der Waals surface area contributed by atoms with Crippen molar-refractivity contribution in [1.29, 1.82) is 5.26 Å². The summed E-state index contributed by atoms with van der Waals surface area (Å²) in [5.74, 6) is -0.556. The Balaban J connectivity index is 1.52. The van der Waals surface area contributed by atoms with Crippen molar-refractivity contribution in [2.75, 3.05) is 22.5 Å². The van der Waals surface area contributed by atoms with E-state index in [0.717, 1.165) is 24.0 Å². The molecule has 3 aromatic carbocycles. The molecule has 0 saturated heterocycles. The van der Waals surface area contributed by atoms with Crippen molar-refractivity contribution in [1.82, 2.24) is 21.0 Å². The third-order valence-corrected chi connectivity index (χ3v) is 7.60. The SMILES string of the molecule is [2H][C@](Nc1cc(-c2ccc(NC(C)=O)cc2)c2ncc(C#N)c(NCC(C)(C)C)c2c1)(C1=CN(C2CC2)NN1)c1ccc(F)cc1. The van der Waals surface area contributed by atoms with E-state index in [1.54, 1.807) is 18.3 Å². The monoisotopic (exact) mass is 605 g/mol. The van der Waals surface area contributed by atoms with E-state index >= 15 is 0 Å². The topological polar surface area (TPSA) is 117 Å². The fourth-order valence-electron chi connectivity index (χ4n) is 5.22. The fraction of sp³-hybridized carbons (Fsp3) is 0.286. The first-order valence-electron chi connectivity index (χ1n) is 15.5. The molecule has 9 nitrogen and oxygen atoms in total. The molecule has 0 bridgehead atoms. The highest BCUT2D eigenvalue weighted by Gasteiger charge is 2.32. The minimum atomic E-state index is -1.55. The number of halogens is 1. The Morgan fingerprint density at radius 1 is 1.16 bits per heavy atom. The van der Waals surface area contributed by atoms with Crippen molar-refractivity contribution in [3.05, 3.63) is 95.7 Å². The average molecular weight is 606 g/mol. The van der Waals surface area contributed by atoms with Crippen LogP contribution in [-0.4, -0.2) is 28.5 Å². The van der Waals surface area contributed by atoms with E-state index in [4.69, 9.17) is 4.98 Å². The molecule has 1 fully saturated rings. The lowest BCUT2D eigenvalue weighted by Crippen LogP contribution is -2.38. The van der Waals surface area contributed by atoms with Crippen LogP contribution in [0.15, 0.2) is 78.8 Å². The highest BCUT2D eigenvalue weighted by molar-refractivity contribution is 6.04. The molecule has 1 atom stereocenters. The van der Waals surface area contributed by atoms with Gasteiger partial charge in [-0.1, -0.05) is 45.0 Å². The van der Waals surface area contributed by atoms with Gasteiger partial charge in [0, 0.05) is 54.2 Å². The van der Waals surface area contributed by atoms with Crippen LogP contribution in [0, 0.1) is 22.6 Å². The summed E-state index contributed by atoms with van der Waals surface area (Å²) in [5, 5.41) is 22.5. The van der Waals surface area contributed by atoms with Crippen LogP contribution >= 0.6 is 0 Å². The fourth-order valence-corrected chi connectivity index (χ4v) is 5.22. The number of rotatable bonds is 9. The lowest BCUT2D eigenvalue weighted by Gasteiger charge is -2.24. The van der Waals surface area contributed by atoms with E-state index in [1.807, 2.05) is 47.6 Å². The summed E-state index contributed by atoms with van der Waals surface area (Å²) in [6.07, 6.45) is 5.57. The van der Waals surface area contributed by atoms with Gasteiger partial charge in [-0.15, -0.1) is 5.53 Å². The van der Waals surface area contributed by atoms with Crippen molar-refractivity contribution in [2.45, 2.75) is 52.6 Å². The highest BCUT2D eigenvalue weighted by atomic mass is 19.1. The minimum Gasteiger partial charge on any atom is -0.383 e. The predicted octanol–water partition coefficient (Wildman–Crippen LogP) is 6.81. The molecule has 2 aliphatic rings. The highest BCUT2D eigenvalue weighted by Crippen LogP contribution is 2.39. The average Bonchev–Trinajstić information content (AvgIpc) is 3.74. The molecule has 45 heavy (non-hydrogen) atoms. The number of nitrogens with zero attached hydrogens (tertiary/aromatic N) is 3. The van der Waals surface area contributed by atoms with Crippen molar-refractivity contribution in [3.8, 4) is 17.2 Å². The molecule has 230 valence electrons. The van der Waals surface area contributed by atoms with Crippen molar-refractivity contribution >= 4 is 33.9 Å². The Kier molecular flexibility index (Phi) is 7.69. The van der Waals surface area contributed by atoms with Crippen LogP contribution in [-0.2, 0) is 4.79 Å². The number of nitrogens with one attached hydrogen (secondary N) is 5. The summed E-state index contributed by atoms with van der Waals surface area (Å²) >= 11 is 0. The zero-order valence-corrected chi connectivity index (χ0v) is 25.8. The van der Waals surface area contributed by atoms with Gasteiger partial charge in [0.1, 0.15) is 11.9 Å². The smallest absolute Gasteiger partial charge is 0.221 e. The van der Waals surface area contributed by atoms with Gasteiger partial charge >= 0.3 is 0 Å². The second-order valence-corrected chi connectivity index (χ2v) is 12.7. The van der Waals surface area contributed by atoms with Crippen LogP contribution in [0.1, 0.15) is 59.1 Å². The van der Waals surface area contributed by atoms with E-state index in [0.29, 0.717) is 57.4 Å². The lowest BCUT2D eigenvalue weighted by molar-refractivity contribution is -0.114. The number of aromatic nitrogens is 1. The summed E-state index contributed by atoms with van der Waals surface area (Å²) in [5.41, 5.74) is 11.9. The van der Waals surface area contributed by atoms with E-state index in [-0.39, 0.29) is 11.3 Å². The number of pyridine rings is 1. The maximum atomic E-state index is 14.0. The molecule has 1 aliphatic carbocycles. The standard InChI is InChI=1S/C35H37FN8O/c1-21(45)40-26-11-7-22(8-12-26)29-15-27(16-30-32(39-20-35(2,3)4)24(17-37)18-38-34(29)30)41-33(23-5-9-25(36)10-6-23)31-19-44(43-42-31)28-13-14-28/h5-12,15-16,18-19,28,33,41-43H,13-14,20H2,1-4H3,(H,38,39)(H,40,45)/t33-/m1/s1/i33D. The van der Waals surface area contributed by atoms with Crippen LogP contribution in [0.5, 0.6) is 0 Å². The second-order valence-electron chi connectivity index (χ2n) is 12.7. The molecule has 1 saturated carbocycles. The van der Waals surface area contributed by atoms with Gasteiger partial charge in [0.25, 0.3) is 0 Å². The van der Waals surface area contributed by atoms with Gasteiger partial charge in [0.05, 0.1) is 29.9 Å². The Bertz CT molecular complexity index is 1860. The van der Waals surface area contributed by atoms with E-state index < -0.39 is 11.8 Å². The number of carbonyl (C=O) groups excluding carboxylic acids is 1. The number of amides is 1. The molecule has 5 N–H and O–H groups in total. The first kappa shape index (κ1) is 28.6. The number of hydrogen-bond donors (Lipinski definition) is 5. The first-order chi connectivity index (χ1) is 21.9. The Morgan fingerprint density at radius 2 is 1.89 bits per heavy atom. The van der Waals surface area contributed by atoms with Crippen LogP contribution in [0.25, 0.3) is 22.0 Å². The number of carbonyl (C=O) groups is 1. The molecule has 1 aliphatic heterocycles. The molecule has 1 aromatic heterocycles. The Morgan fingerprint density at radius 3 is 2.53 bits per heavy atom. The molecule has 10 heteroatoms. The number of nitriles is 1. The first-order valence-corrected chi connectivity index (χ1v) is 15.0. The van der Waals surface area contributed by atoms with Crippen molar-refractivity contribution in [3.63, 3.8) is 0 Å². The molecule has 1 amide bonds. The van der Waals surface area contributed by atoms with Gasteiger partial charge in [-0.05, 0) is 65.8 Å². The van der Waals surface area contributed by atoms with Gasteiger partial charge in [-0.25, -0.2) is 4.39 Å². The van der Waals surface area contributed by atoms with Gasteiger partial charge in [-0.2, -0.15) is 5.26 Å². The normalized spacial score (nSPS) is 16.2. The Labute approximate surface area is 263 Å². The molecule has 0 radical (unpaired) electrons. The number of hydrazine groups is 2. The van der Waals surface area contributed by atoms with Crippen LogP contribution in [0.3, 0.4) is 0 Å². The third-order valence-electron chi connectivity index (χ3n) is 7.60. The van der Waals surface area contributed by atoms with E-state index in [9.17, 15) is 15.8 Å². The molecule has 0 unspecified atom stereocenters. The quantitative estimate of drug-likeness (QED) is 0.141. The van der Waals surface area contributed by atoms with Gasteiger partial charge < -0.3 is 21.4 Å². The van der Waals surface area contributed by atoms with Crippen LogP contribution in [0.4, 0.5) is 21.5 Å². The lowest BCUT2D eigenvalue weighted by atomic mass is 9.95. The molecule has 2 heterocycles. The molecule has 6 rings (SSSR count). The van der Waals surface area contributed by atoms with Crippen molar-refractivity contribution in [2.24, 2.45) is 5.41 Å². The molecule has 4 aromatic rings. The number of benzene rings is 3. The summed E-state index contributed by atoms with van der Waals surface area (Å²) in [7, 11) is 0. The van der Waals surface area contributed by atoms with Crippen LogP contribution < -0.4 is 26.9 Å². The van der Waals surface area contributed by atoms with E-state index in [2.05, 4.69) is 53.8 Å². The van der Waals surface area contributed by atoms with Gasteiger partial charge in [-0.3, -0.25) is 14.8 Å². The number of fused-ring (bicyclic) bond motifs is 1. The summed E-state index contributed by atoms with van der Waals surface area (Å²) in [4.78, 5) is 16.4. The number of anilines is 3. The van der Waals surface area contributed by atoms with Gasteiger partial charge in [0.15, 0.2) is 0 Å². The molecular formula is C35H37FN8O. The minimum absolute atomic E-state index is 0.0689.